The average Bonchev–Trinajstić information content (AvgIpc) is 1.57. The second-order valence-electron chi connectivity index (χ2n) is 36.9. The summed E-state index contributed by atoms with van der Waals surface area (Å²) < 4.78 is 4.70. The zero-order valence-corrected chi connectivity index (χ0v) is 88.8. The molecule has 0 amide bonds. The molecule has 0 atom stereocenters. The van der Waals surface area contributed by atoms with Gasteiger partial charge < -0.3 is 39.0 Å². The van der Waals surface area contributed by atoms with Gasteiger partial charge in [0, 0.05) is 121 Å². The number of hydrogen-bond donors (Lipinski definition) is 0. The molecule has 0 bridgehead atoms. The van der Waals surface area contributed by atoms with E-state index in [9.17, 15) is 0 Å². The van der Waals surface area contributed by atoms with E-state index < -0.39 is 32.3 Å². The van der Waals surface area contributed by atoms with Crippen molar-refractivity contribution in [2.24, 2.45) is 5.92 Å². The second-order valence-corrected chi connectivity index (χ2v) is 56.4. The van der Waals surface area contributed by atoms with Gasteiger partial charge in [-0.2, -0.15) is 0 Å². The summed E-state index contributed by atoms with van der Waals surface area (Å²) in [4.78, 5) is 27.4. The fourth-order valence-electron chi connectivity index (χ4n) is 17.1. The van der Waals surface area contributed by atoms with Gasteiger partial charge in [-0.3, -0.25) is 0 Å². The maximum absolute atomic E-state index is 4.93. The van der Waals surface area contributed by atoms with Crippen molar-refractivity contribution in [1.29, 1.82) is 0 Å². The van der Waals surface area contributed by atoms with Crippen molar-refractivity contribution in [2.45, 2.75) is 126 Å². The Labute approximate surface area is 820 Å². The Morgan fingerprint density at radius 3 is 1.25 bits per heavy atom. The number of hydrogen-bond acceptors (Lipinski definition) is 6. The van der Waals surface area contributed by atoms with E-state index in [0.29, 0.717) is 11.8 Å². The molecular weight excluding hydrogens is 2190 g/mol. The van der Waals surface area contributed by atoms with Gasteiger partial charge in [-0.05, 0) is 156 Å². The average molecular weight is 2310 g/mol. The minimum Gasteiger partial charge on any atom is -0.381 e. The van der Waals surface area contributed by atoms with Crippen LogP contribution in [0.2, 0.25) is 72.0 Å². The van der Waals surface area contributed by atoms with E-state index in [1.807, 2.05) is 127 Å². The minimum atomic E-state index is -1.65. The van der Waals surface area contributed by atoms with Crippen molar-refractivity contribution >= 4 is 102 Å². The van der Waals surface area contributed by atoms with Gasteiger partial charge in [0.15, 0.2) is 0 Å². The molecule has 8 aromatic heterocycles. The van der Waals surface area contributed by atoms with E-state index in [2.05, 4.69) is 374 Å². The molecular formula is C116H112Ir3N8Si4-6. The normalized spacial score (nSPS) is 11.7. The molecule has 11 aromatic carbocycles. The molecule has 3 radical (unpaired) electrons. The first-order valence-electron chi connectivity index (χ1n) is 44.6. The summed E-state index contributed by atoms with van der Waals surface area (Å²) in [6.45, 7) is 38.8. The van der Waals surface area contributed by atoms with Gasteiger partial charge in [-0.15, -0.1) is 184 Å². The molecule has 19 aromatic rings. The Bertz CT molecular complexity index is 6670. The van der Waals surface area contributed by atoms with E-state index in [1.54, 1.807) is 18.6 Å². The summed E-state index contributed by atoms with van der Waals surface area (Å²) in [6.07, 6.45) is 12.9. The summed E-state index contributed by atoms with van der Waals surface area (Å²) in [5, 5.41) is 12.4. The van der Waals surface area contributed by atoms with Gasteiger partial charge in [-0.25, -0.2) is 0 Å². The maximum atomic E-state index is 4.93. The molecule has 0 fully saturated rings. The summed E-state index contributed by atoms with van der Waals surface area (Å²) in [5.74, 6) is 1.11. The third kappa shape index (κ3) is 23.3. The van der Waals surface area contributed by atoms with Crippen molar-refractivity contribution in [3.8, 4) is 95.5 Å². The fraction of sp³-hybridized carbons (Fsp3) is 0.172. The van der Waals surface area contributed by atoms with E-state index in [1.165, 1.54) is 109 Å². The van der Waals surface area contributed by atoms with Crippen LogP contribution in [-0.4, -0.2) is 71.3 Å². The fourth-order valence-corrected chi connectivity index (χ4v) is 24.9. The number of fused-ring (bicyclic) bond motifs is 9. The molecule has 0 aliphatic carbocycles. The summed E-state index contributed by atoms with van der Waals surface area (Å²) in [5.41, 5.74) is 26.6. The molecule has 0 unspecified atom stereocenters. The smallest absolute Gasteiger partial charge is 0.0803 e. The number of para-hydroxylation sites is 3. The van der Waals surface area contributed by atoms with Gasteiger partial charge >= 0.3 is 0 Å². The molecule has 15 heteroatoms. The van der Waals surface area contributed by atoms with Gasteiger partial charge in [0.25, 0.3) is 0 Å². The van der Waals surface area contributed by atoms with E-state index in [0.717, 1.165) is 80.5 Å². The molecule has 0 saturated heterocycles. The zero-order valence-electron chi connectivity index (χ0n) is 77.6. The molecule has 9 heterocycles. The van der Waals surface area contributed by atoms with Crippen LogP contribution < -0.4 is 25.9 Å². The van der Waals surface area contributed by atoms with Crippen LogP contribution in [0, 0.1) is 42.3 Å². The van der Waals surface area contributed by atoms with Crippen molar-refractivity contribution in [3.05, 3.63) is 400 Å². The molecule has 0 N–H and O–H groups in total. The van der Waals surface area contributed by atoms with Gasteiger partial charge in [0.05, 0.1) is 32.3 Å². The molecule has 1 aliphatic heterocycles. The second kappa shape index (κ2) is 44.3. The molecule has 131 heavy (non-hydrogen) atoms. The van der Waals surface area contributed by atoms with Crippen LogP contribution in [0.25, 0.3) is 139 Å². The predicted octanol–water partition coefficient (Wildman–Crippen LogP) is 26.9. The summed E-state index contributed by atoms with van der Waals surface area (Å²) in [7, 11) is -6.06. The van der Waals surface area contributed by atoms with Crippen LogP contribution in [0.5, 0.6) is 0 Å². The van der Waals surface area contributed by atoms with Crippen LogP contribution >= 0.6 is 0 Å². The van der Waals surface area contributed by atoms with Crippen LogP contribution in [0.3, 0.4) is 0 Å². The first-order chi connectivity index (χ1) is 61.8. The molecule has 20 rings (SSSR count). The van der Waals surface area contributed by atoms with Crippen molar-refractivity contribution in [2.75, 3.05) is 0 Å². The SMILES string of the molecule is CC(C)c1cc(-c2[c-]cc3c(c2)c2ccccc2n3-c2ccccc2)ncc1[Si](C)(C)C.CCn1c2c[c-]c(-c3cc(CC(C)C)c([Si](C)(C)C)cn3)cc2c2ccccc21.C[Si](C)(C)c1cnc(-c2[c-]cc3c(c2)-c2ccccc2[Si]3(C)C)cc1-c1ccccc1.[Ir].[Ir].[Ir].[c-]1ccccc1-c1ccccn1.[c-]1ccccc1-c1ccccn1.[c-]1ccccc1-c1ccccn1. The number of nitrogens with zero attached hydrogens (tertiary/aromatic N) is 8. The van der Waals surface area contributed by atoms with Gasteiger partial charge in [0.1, 0.15) is 0 Å². The number of benzene rings is 11. The summed E-state index contributed by atoms with van der Waals surface area (Å²) in [6, 6.07) is 129. The molecule has 8 nitrogen and oxygen atoms in total. The van der Waals surface area contributed by atoms with Crippen LogP contribution in [0.1, 0.15) is 51.7 Å². The Kier molecular flexibility index (Phi) is 33.4. The monoisotopic (exact) mass is 2310 g/mol. The topological polar surface area (TPSA) is 87.2 Å². The Morgan fingerprint density at radius 1 is 0.328 bits per heavy atom. The van der Waals surface area contributed by atoms with Crippen molar-refractivity contribution in [1.82, 2.24) is 39.0 Å². The van der Waals surface area contributed by atoms with Crippen LogP contribution in [-0.2, 0) is 73.3 Å². The number of aromatic nitrogens is 8. The first-order valence-corrected chi connectivity index (χ1v) is 58.1. The third-order valence-electron chi connectivity index (χ3n) is 23.5. The number of rotatable bonds is 15. The van der Waals surface area contributed by atoms with Crippen LogP contribution in [0.4, 0.5) is 0 Å². The Morgan fingerprint density at radius 2 is 0.756 bits per heavy atom. The standard InChI is InChI=1S/C29H29N2Si.C28H28NSi2.C26H31N2Si.3C11H8N.3Ir/c1-20(2)24-18-26(30-19-29(24)32(3,4)5)21-15-16-28-25(17-21)23-13-9-10-14-27(23)31(28)22-11-7-6-8-12-22;1-30(2,3)28-19-29-25(18-23(28)20-11-7-6-8-12-20)21-15-16-27-24(17-21)22-13-9-10-14-26(22)31(27,4)5;1-7-28-24-11-9-8-10-21(24)22-15-19(12-13-25(22)28)23-16-20(14-18(2)3)26(17-27-23)29(4,5)6;3*1-2-6-10(7-3-1)11-8-4-5-9-12-11;;;/h6-14,16-20H,1-5H3;6-14,16-19H,1-5H3;8-11,13,15-18H,7,14H2,1-6H3;3*1-6,8-9H;;;/q6*-1;;;. The van der Waals surface area contributed by atoms with Crippen LogP contribution in [0.15, 0.2) is 353 Å². The minimum absolute atomic E-state index is 0. The predicted molar refractivity (Wildman–Crippen MR) is 553 cm³/mol. The zero-order chi connectivity index (χ0) is 89.7. The van der Waals surface area contributed by atoms with E-state index in [4.69, 9.17) is 15.0 Å². The van der Waals surface area contributed by atoms with Crippen molar-refractivity contribution in [3.63, 3.8) is 0 Å². The number of aryl methyl sites for hydroxylation is 1. The van der Waals surface area contributed by atoms with Crippen molar-refractivity contribution < 1.29 is 60.3 Å². The Balaban J connectivity index is 0.000000148. The first kappa shape index (κ1) is 98.8. The summed E-state index contributed by atoms with van der Waals surface area (Å²) >= 11 is 0. The molecule has 665 valence electrons. The Hall–Kier alpha value is -11.3. The molecule has 0 spiro atoms. The quantitative estimate of drug-likeness (QED) is 0.0751. The third-order valence-corrected chi connectivity index (χ3v) is 33.2. The van der Waals surface area contributed by atoms with E-state index >= 15 is 0 Å². The molecule has 0 saturated carbocycles. The van der Waals surface area contributed by atoms with Gasteiger partial charge in [0.2, 0.25) is 0 Å². The number of pyridine rings is 6. The van der Waals surface area contributed by atoms with Gasteiger partial charge in [-0.1, -0.05) is 296 Å². The largest absolute Gasteiger partial charge is 0.381 e. The molecule has 1 aliphatic rings. The van der Waals surface area contributed by atoms with E-state index in [-0.39, 0.29) is 60.3 Å². The maximum Gasteiger partial charge on any atom is 0.0803 e.